The van der Waals surface area contributed by atoms with E-state index in [0.29, 0.717) is 30.4 Å². The van der Waals surface area contributed by atoms with Gasteiger partial charge in [-0.15, -0.1) is 0 Å². The van der Waals surface area contributed by atoms with Crippen molar-refractivity contribution in [1.82, 2.24) is 0 Å². The van der Waals surface area contributed by atoms with Crippen LogP contribution in [0.25, 0.3) is 0 Å². The largest absolute Gasteiger partial charge is 0.489 e. The maximum absolute atomic E-state index is 11.7. The highest BCUT2D eigenvalue weighted by Gasteiger charge is 2.14. The number of ether oxygens (including phenoxy) is 2. The van der Waals surface area contributed by atoms with E-state index in [0.717, 1.165) is 16.9 Å². The molecule has 0 saturated heterocycles. The summed E-state index contributed by atoms with van der Waals surface area (Å²) in [6.45, 7) is 2.52. The van der Waals surface area contributed by atoms with Crippen LogP contribution in [-0.2, 0) is 17.8 Å². The van der Waals surface area contributed by atoms with Crippen LogP contribution in [0.3, 0.4) is 0 Å². The molecule has 0 aliphatic carbocycles. The average Bonchev–Trinajstić information content (AvgIpc) is 3.11. The van der Waals surface area contributed by atoms with E-state index >= 15 is 0 Å². The molecule has 0 unspecified atom stereocenters. The van der Waals surface area contributed by atoms with Gasteiger partial charge in [0.1, 0.15) is 18.1 Å². The lowest BCUT2D eigenvalue weighted by molar-refractivity contribution is 0.0488. The van der Waals surface area contributed by atoms with E-state index in [1.54, 1.807) is 25.1 Å². The number of carbonyl (C=O) groups excluding carboxylic acids is 1. The van der Waals surface area contributed by atoms with E-state index in [9.17, 15) is 4.79 Å². The highest BCUT2D eigenvalue weighted by molar-refractivity contribution is 6.30. The van der Waals surface area contributed by atoms with Crippen molar-refractivity contribution in [3.63, 3.8) is 0 Å². The number of carbonyl (C=O) groups is 1. The Bertz CT molecular complexity index is 871. The second-order valence-electron chi connectivity index (χ2n) is 5.69. The van der Waals surface area contributed by atoms with E-state index in [1.807, 2.05) is 42.5 Å². The van der Waals surface area contributed by atoms with Gasteiger partial charge in [0, 0.05) is 17.0 Å². The smallest absolute Gasteiger partial charge is 0.374 e. The van der Waals surface area contributed by atoms with E-state index in [2.05, 4.69) is 0 Å². The van der Waals surface area contributed by atoms with Gasteiger partial charge < -0.3 is 13.9 Å². The van der Waals surface area contributed by atoms with Crippen LogP contribution in [-0.4, -0.2) is 12.6 Å². The molecular weight excluding hydrogens is 352 g/mol. The topological polar surface area (TPSA) is 48.7 Å². The van der Waals surface area contributed by atoms with Crippen molar-refractivity contribution < 1.29 is 18.7 Å². The molecule has 3 aromatic rings. The summed E-state index contributed by atoms with van der Waals surface area (Å²) in [6.07, 6.45) is 0.462. The predicted octanol–water partition coefficient (Wildman–Crippen LogP) is 5.28. The van der Waals surface area contributed by atoms with Crippen LogP contribution in [0, 0.1) is 0 Å². The Morgan fingerprint density at radius 1 is 1.08 bits per heavy atom. The lowest BCUT2D eigenvalue weighted by Crippen LogP contribution is -2.02. The van der Waals surface area contributed by atoms with Crippen LogP contribution in [0.1, 0.15) is 34.4 Å². The minimum atomic E-state index is -0.467. The van der Waals surface area contributed by atoms with Crippen LogP contribution in [0.15, 0.2) is 65.1 Å². The summed E-state index contributed by atoms with van der Waals surface area (Å²) in [5.74, 6) is 1.09. The van der Waals surface area contributed by atoms with Gasteiger partial charge in [-0.2, -0.15) is 0 Å². The Hall–Kier alpha value is -2.72. The van der Waals surface area contributed by atoms with Crippen LogP contribution in [0.4, 0.5) is 0 Å². The van der Waals surface area contributed by atoms with Gasteiger partial charge in [-0.05, 0) is 42.8 Å². The van der Waals surface area contributed by atoms with E-state index in [4.69, 9.17) is 25.5 Å². The number of esters is 1. The Morgan fingerprint density at radius 3 is 2.65 bits per heavy atom. The summed E-state index contributed by atoms with van der Waals surface area (Å²) in [7, 11) is 0. The van der Waals surface area contributed by atoms with Crippen molar-refractivity contribution in [1.29, 1.82) is 0 Å². The zero-order valence-electron chi connectivity index (χ0n) is 14.4. The molecule has 26 heavy (non-hydrogen) atoms. The molecule has 0 aliphatic heterocycles. The molecule has 134 valence electrons. The summed E-state index contributed by atoms with van der Waals surface area (Å²) in [4.78, 5) is 11.7. The normalized spacial score (nSPS) is 10.5. The van der Waals surface area contributed by atoms with E-state index in [-0.39, 0.29) is 5.76 Å². The zero-order valence-corrected chi connectivity index (χ0v) is 15.2. The van der Waals surface area contributed by atoms with Crippen molar-refractivity contribution in [3.8, 4) is 5.75 Å². The maximum Gasteiger partial charge on any atom is 0.374 e. The number of furan rings is 1. The first kappa shape index (κ1) is 18.1. The summed E-state index contributed by atoms with van der Waals surface area (Å²) >= 11 is 6.14. The van der Waals surface area contributed by atoms with Gasteiger partial charge in [0.15, 0.2) is 0 Å². The lowest BCUT2D eigenvalue weighted by atomic mass is 10.1. The Kier molecular flexibility index (Phi) is 5.97. The molecule has 0 atom stereocenters. The Morgan fingerprint density at radius 2 is 1.88 bits per heavy atom. The van der Waals surface area contributed by atoms with E-state index in [1.165, 1.54) is 0 Å². The van der Waals surface area contributed by atoms with Crippen LogP contribution >= 0.6 is 11.6 Å². The van der Waals surface area contributed by atoms with Gasteiger partial charge in [0.2, 0.25) is 5.76 Å². The molecule has 0 radical (unpaired) electrons. The molecule has 1 heterocycles. The number of halogens is 1. The van der Waals surface area contributed by atoms with Crippen molar-refractivity contribution >= 4 is 17.6 Å². The van der Waals surface area contributed by atoms with Gasteiger partial charge in [-0.3, -0.25) is 0 Å². The van der Waals surface area contributed by atoms with Crippen LogP contribution < -0.4 is 4.74 Å². The van der Waals surface area contributed by atoms with Gasteiger partial charge in [0.25, 0.3) is 0 Å². The molecule has 0 fully saturated rings. The fraction of sp³-hybridized carbons (Fsp3) is 0.190. The molecule has 1 aromatic heterocycles. The third-order valence-electron chi connectivity index (χ3n) is 3.76. The maximum atomic E-state index is 11.7. The summed E-state index contributed by atoms with van der Waals surface area (Å²) in [5, 5.41) is 0.615. The molecule has 5 heteroatoms. The van der Waals surface area contributed by atoms with Gasteiger partial charge in [0.05, 0.1) is 6.61 Å². The quantitative estimate of drug-likeness (QED) is 0.531. The fourth-order valence-electron chi connectivity index (χ4n) is 2.53. The molecule has 2 aromatic carbocycles. The summed E-state index contributed by atoms with van der Waals surface area (Å²) in [6, 6.07) is 18.8. The van der Waals surface area contributed by atoms with Crippen molar-refractivity contribution in [2.24, 2.45) is 0 Å². The predicted molar refractivity (Wildman–Crippen MR) is 99.7 cm³/mol. The first-order chi connectivity index (χ1) is 12.7. The minimum Gasteiger partial charge on any atom is -0.489 e. The Balaban J connectivity index is 1.74. The first-order valence-electron chi connectivity index (χ1n) is 8.36. The van der Waals surface area contributed by atoms with Crippen molar-refractivity contribution in [2.75, 3.05) is 6.61 Å². The first-order valence-corrected chi connectivity index (χ1v) is 8.74. The summed E-state index contributed by atoms with van der Waals surface area (Å²) in [5.41, 5.74) is 1.97. The lowest BCUT2D eigenvalue weighted by Gasteiger charge is -2.11. The van der Waals surface area contributed by atoms with Gasteiger partial charge in [-0.25, -0.2) is 4.79 Å². The SMILES string of the molecule is CCOC(=O)c1ccc(Cc2cc(Cl)ccc2OCc2ccccc2)o1. The third kappa shape index (κ3) is 4.67. The molecule has 4 nitrogen and oxygen atoms in total. The molecule has 0 N–H and O–H groups in total. The van der Waals surface area contributed by atoms with Gasteiger partial charge >= 0.3 is 5.97 Å². The highest BCUT2D eigenvalue weighted by Crippen LogP contribution is 2.27. The number of hydrogen-bond acceptors (Lipinski definition) is 4. The standard InChI is InChI=1S/C21H19ClO4/c1-2-24-21(23)20-11-9-18(26-20)13-16-12-17(22)8-10-19(16)25-14-15-6-4-3-5-7-15/h3-12H,2,13-14H2,1H3. The molecule has 0 amide bonds. The van der Waals surface area contributed by atoms with Crippen LogP contribution in [0.5, 0.6) is 5.75 Å². The second-order valence-corrected chi connectivity index (χ2v) is 6.13. The Labute approximate surface area is 157 Å². The molecule has 0 spiro atoms. The number of benzene rings is 2. The van der Waals surface area contributed by atoms with Crippen molar-refractivity contribution in [3.05, 3.63) is 88.3 Å². The average molecular weight is 371 g/mol. The highest BCUT2D eigenvalue weighted by atomic mass is 35.5. The monoisotopic (exact) mass is 370 g/mol. The van der Waals surface area contributed by atoms with E-state index < -0.39 is 5.97 Å². The fourth-order valence-corrected chi connectivity index (χ4v) is 2.73. The summed E-state index contributed by atoms with van der Waals surface area (Å²) < 4.78 is 16.5. The van der Waals surface area contributed by atoms with Crippen LogP contribution in [0.2, 0.25) is 5.02 Å². The molecule has 0 saturated carbocycles. The number of hydrogen-bond donors (Lipinski definition) is 0. The van der Waals surface area contributed by atoms with Gasteiger partial charge in [-0.1, -0.05) is 41.9 Å². The van der Waals surface area contributed by atoms with Crippen molar-refractivity contribution in [2.45, 2.75) is 20.0 Å². The molecule has 3 rings (SSSR count). The second kappa shape index (κ2) is 8.59. The minimum absolute atomic E-state index is 0.190. The zero-order chi connectivity index (χ0) is 18.4. The molecule has 0 bridgehead atoms. The third-order valence-corrected chi connectivity index (χ3v) is 4.00. The number of rotatable bonds is 7. The molecular formula is C21H19ClO4. The molecule has 0 aliphatic rings.